The Kier molecular flexibility index (Phi) is 19.8. The third kappa shape index (κ3) is 17.9. The zero-order valence-corrected chi connectivity index (χ0v) is 6.61. The van der Waals surface area contributed by atoms with E-state index in [1.165, 1.54) is 0 Å². The van der Waals surface area contributed by atoms with Crippen molar-refractivity contribution >= 4 is 11.9 Å². The van der Waals surface area contributed by atoms with Crippen LogP contribution in [0.25, 0.3) is 0 Å². The fourth-order valence-corrected chi connectivity index (χ4v) is 0. The Morgan fingerprint density at radius 1 is 1.00 bits per heavy atom. The van der Waals surface area contributed by atoms with Crippen LogP contribution in [0.4, 0.5) is 0 Å². The Bertz CT molecular complexity index is 89.1. The van der Waals surface area contributed by atoms with Crippen molar-refractivity contribution in [3.05, 3.63) is 0 Å². The molecular weight excluding hydrogens is 320 g/mol. The average molecular weight is 320 g/mol. The van der Waals surface area contributed by atoms with E-state index in [1.807, 2.05) is 0 Å². The van der Waals surface area contributed by atoms with E-state index in [4.69, 9.17) is 23.1 Å². The zero-order valence-electron chi connectivity index (χ0n) is 3.64. The average Bonchev–Trinajstić information content (AvgIpc) is 1.72. The maximum atomic E-state index is 8.93. The molecule has 0 bridgehead atoms. The molecule has 0 saturated heterocycles. The zero-order chi connectivity index (χ0) is 7.15. The van der Waals surface area contributed by atoms with Crippen LogP contribution in [-0.2, 0) is 56.3 Å². The number of hydrogen-bond donors (Lipinski definition) is 0. The predicted octanol–water partition coefficient (Wildman–Crippen LogP) is -3.64. The van der Waals surface area contributed by atoms with Crippen LogP contribution in [0.3, 0.4) is 0 Å². The van der Waals surface area contributed by atoms with Gasteiger partial charge in [-0.2, -0.15) is 0 Å². The first-order valence-corrected chi connectivity index (χ1v) is 1.79. The van der Waals surface area contributed by atoms with E-state index in [0.29, 0.717) is 0 Å². The first kappa shape index (κ1) is 16.1. The summed E-state index contributed by atoms with van der Waals surface area (Å²) in [6, 6.07) is 0. The molecule has 0 aromatic carbocycles. The fourth-order valence-electron chi connectivity index (χ4n) is 0. The molecule has 0 N–H and O–H groups in total. The predicted molar refractivity (Wildman–Crippen MR) is 10.7 cm³/mol. The van der Waals surface area contributed by atoms with Crippen LogP contribution in [0.15, 0.2) is 0 Å². The van der Waals surface area contributed by atoms with Crippen molar-refractivity contribution in [1.82, 2.24) is 0 Å². The molecule has 9 heavy (non-hydrogen) atoms. The van der Waals surface area contributed by atoms with Crippen molar-refractivity contribution in [2.24, 2.45) is 0 Å². The first-order valence-electron chi connectivity index (χ1n) is 1.19. The fraction of sp³-hybridized carbons (Fsp3) is 0. The van der Waals surface area contributed by atoms with Crippen LogP contribution in [0.5, 0.6) is 0 Å². The van der Waals surface area contributed by atoms with Gasteiger partial charge in [0.15, 0.2) is 0 Å². The summed E-state index contributed by atoms with van der Waals surface area (Å²) in [5.74, 6) is -4.37. The van der Waals surface area contributed by atoms with Crippen molar-refractivity contribution in [3.8, 4) is 0 Å². The number of carbonyl (C=O) groups excluding carboxylic acids is 2. The van der Waals surface area contributed by atoms with Gasteiger partial charge in [0.25, 0.3) is 0 Å². The SMILES string of the molecule is O=C([O-])C(=O)[O-].[Ag].[O]=[Ag]. The van der Waals surface area contributed by atoms with Crippen molar-refractivity contribution in [3.63, 3.8) is 0 Å². The molecule has 0 saturated carbocycles. The summed E-state index contributed by atoms with van der Waals surface area (Å²) in [5, 5.41) is 17.9. The molecule has 0 fully saturated rings. The molecular formula is C2Ag2O5-2. The summed E-state index contributed by atoms with van der Waals surface area (Å²) in [7, 11) is 0. The molecule has 1 radical (unpaired) electrons. The quantitative estimate of drug-likeness (QED) is 0.339. The number of carboxylic acid groups (broad SMARTS) is 2. The minimum absolute atomic E-state index is 0. The van der Waals surface area contributed by atoms with E-state index in [0.717, 1.165) is 0 Å². The summed E-state index contributed by atoms with van der Waals surface area (Å²) in [6.45, 7) is 0. The molecule has 0 aliphatic carbocycles. The van der Waals surface area contributed by atoms with Crippen molar-refractivity contribution in [2.45, 2.75) is 0 Å². The van der Waals surface area contributed by atoms with Crippen molar-refractivity contribution < 1.29 is 66.5 Å². The van der Waals surface area contributed by atoms with Gasteiger partial charge in [-0.15, -0.1) is 0 Å². The van der Waals surface area contributed by atoms with Gasteiger partial charge in [-0.05, 0) is 0 Å². The van der Waals surface area contributed by atoms with E-state index < -0.39 is 11.9 Å². The molecule has 7 heteroatoms. The van der Waals surface area contributed by atoms with E-state index in [9.17, 15) is 0 Å². The minimum atomic E-state index is -2.19. The molecule has 0 atom stereocenters. The topological polar surface area (TPSA) is 97.3 Å². The normalized spacial score (nSPS) is 5.56. The van der Waals surface area contributed by atoms with Crippen molar-refractivity contribution in [2.75, 3.05) is 0 Å². The van der Waals surface area contributed by atoms with Gasteiger partial charge in [-0.3, -0.25) is 0 Å². The van der Waals surface area contributed by atoms with E-state index in [1.54, 1.807) is 21.0 Å². The first-order chi connectivity index (χ1) is 3.64. The number of aliphatic carboxylic acids is 2. The third-order valence-corrected chi connectivity index (χ3v) is 0.167. The maximum absolute atomic E-state index is 8.93. The number of rotatable bonds is 0. The van der Waals surface area contributed by atoms with Crippen LogP contribution in [0, 0.1) is 0 Å². The van der Waals surface area contributed by atoms with Gasteiger partial charge in [0, 0.05) is 22.4 Å². The third-order valence-electron chi connectivity index (χ3n) is 0.167. The summed E-state index contributed by atoms with van der Waals surface area (Å²) < 4.78 is 8.06. The molecule has 0 aromatic rings. The number of hydrogen-bond acceptors (Lipinski definition) is 5. The van der Waals surface area contributed by atoms with E-state index >= 15 is 0 Å². The Balaban J connectivity index is -0.000000109. The molecule has 5 nitrogen and oxygen atoms in total. The van der Waals surface area contributed by atoms with Gasteiger partial charge in [0.05, 0.1) is 11.9 Å². The Labute approximate surface area is 78.2 Å². The van der Waals surface area contributed by atoms with Gasteiger partial charge in [0.2, 0.25) is 0 Å². The summed E-state index contributed by atoms with van der Waals surface area (Å²) in [6.07, 6.45) is 0. The summed E-state index contributed by atoms with van der Waals surface area (Å²) in [4.78, 5) is 17.9. The second-order valence-corrected chi connectivity index (χ2v) is 0.575. The second kappa shape index (κ2) is 11.1. The molecule has 0 aliphatic rings. The number of carbonyl (C=O) groups is 2. The molecule has 0 amide bonds. The van der Waals surface area contributed by atoms with Gasteiger partial charge >= 0.3 is 24.3 Å². The second-order valence-electron chi connectivity index (χ2n) is 0.575. The Hall–Kier alpha value is 0.221. The van der Waals surface area contributed by atoms with Gasteiger partial charge in [-0.25, -0.2) is 0 Å². The molecule has 0 aromatic heterocycles. The summed E-state index contributed by atoms with van der Waals surface area (Å²) >= 11 is 1.70. The van der Waals surface area contributed by atoms with Crippen molar-refractivity contribution in [1.29, 1.82) is 0 Å². The van der Waals surface area contributed by atoms with Gasteiger partial charge in [-0.1, -0.05) is 0 Å². The van der Waals surface area contributed by atoms with Crippen LogP contribution in [0.2, 0.25) is 0 Å². The molecule has 0 spiro atoms. The Morgan fingerprint density at radius 2 is 1.11 bits per heavy atom. The van der Waals surface area contributed by atoms with E-state index in [2.05, 4.69) is 0 Å². The van der Waals surface area contributed by atoms with Crippen LogP contribution >= 0.6 is 0 Å². The molecule has 0 unspecified atom stereocenters. The van der Waals surface area contributed by atoms with Gasteiger partial charge < -0.3 is 19.8 Å². The monoisotopic (exact) mass is 318 g/mol. The van der Waals surface area contributed by atoms with Crippen LogP contribution in [-0.4, -0.2) is 11.9 Å². The number of carboxylic acids is 2. The van der Waals surface area contributed by atoms with Crippen LogP contribution < -0.4 is 10.2 Å². The molecule has 0 heterocycles. The van der Waals surface area contributed by atoms with E-state index in [-0.39, 0.29) is 22.4 Å². The molecule has 0 rings (SSSR count). The Morgan fingerprint density at radius 3 is 1.11 bits per heavy atom. The summed E-state index contributed by atoms with van der Waals surface area (Å²) in [5.41, 5.74) is 0. The molecule has 0 aliphatic heterocycles. The van der Waals surface area contributed by atoms with Crippen LogP contribution in [0.1, 0.15) is 0 Å². The standard InChI is InChI=1S/C2H2O4.2Ag.O/c3-1(4)2(5)6;;;/h(H,3,4)(H,5,6);;;/p-2. The van der Waals surface area contributed by atoms with Gasteiger partial charge in [0.1, 0.15) is 0 Å². The molecule has 62 valence electrons.